The Bertz CT molecular complexity index is 670. The molecule has 3 rings (SSSR count). The number of likely N-dealkylation sites (tertiary alicyclic amines) is 1. The predicted molar refractivity (Wildman–Crippen MR) is 87.0 cm³/mol. The molecule has 1 aromatic heterocycles. The molecule has 2 heterocycles. The second-order valence-corrected chi connectivity index (χ2v) is 5.92. The van der Waals surface area contributed by atoms with E-state index in [0.29, 0.717) is 22.3 Å². The van der Waals surface area contributed by atoms with Gasteiger partial charge in [-0.3, -0.25) is 9.89 Å². The number of carbonyl (C=O) groups excluding carboxylic acids is 1. The van der Waals surface area contributed by atoms with E-state index < -0.39 is 0 Å². The van der Waals surface area contributed by atoms with Crippen molar-refractivity contribution in [1.82, 2.24) is 20.4 Å². The summed E-state index contributed by atoms with van der Waals surface area (Å²) in [5.41, 5.74) is 2.05. The van der Waals surface area contributed by atoms with Crippen molar-refractivity contribution in [3.63, 3.8) is 0 Å². The molecule has 1 saturated heterocycles. The number of aromatic amines is 1. The summed E-state index contributed by atoms with van der Waals surface area (Å²) in [5.74, 6) is 0.00335. The van der Waals surface area contributed by atoms with Gasteiger partial charge in [0.15, 0.2) is 0 Å². The molecular formula is C16H19ClN4O. The van der Waals surface area contributed by atoms with Crippen molar-refractivity contribution in [2.45, 2.75) is 18.9 Å². The Morgan fingerprint density at radius 1 is 1.45 bits per heavy atom. The van der Waals surface area contributed by atoms with Gasteiger partial charge >= 0.3 is 0 Å². The van der Waals surface area contributed by atoms with Crippen molar-refractivity contribution in [1.29, 1.82) is 0 Å². The van der Waals surface area contributed by atoms with E-state index in [-0.39, 0.29) is 5.91 Å². The van der Waals surface area contributed by atoms with Gasteiger partial charge in [-0.1, -0.05) is 29.8 Å². The second kappa shape index (κ2) is 6.50. The van der Waals surface area contributed by atoms with Crippen molar-refractivity contribution in [3.8, 4) is 11.3 Å². The summed E-state index contributed by atoms with van der Waals surface area (Å²) in [6.45, 7) is 1.51. The van der Waals surface area contributed by atoms with Gasteiger partial charge in [0, 0.05) is 29.7 Å². The van der Waals surface area contributed by atoms with E-state index in [0.717, 1.165) is 31.5 Å². The van der Waals surface area contributed by atoms with Gasteiger partial charge in [0.2, 0.25) is 0 Å². The third-order valence-electron chi connectivity index (χ3n) is 4.13. The van der Waals surface area contributed by atoms with Gasteiger partial charge in [0.05, 0.1) is 17.5 Å². The standard InChI is InChI=1S/C16H19ClN4O/c1-18-11-5-4-8-21(10-11)16(22)13-9-19-20-15(13)12-6-2-3-7-14(12)17/h2-3,6-7,9,11,18H,4-5,8,10H2,1H3,(H,19,20). The topological polar surface area (TPSA) is 61.0 Å². The minimum absolute atomic E-state index is 0.00335. The van der Waals surface area contributed by atoms with E-state index in [1.165, 1.54) is 0 Å². The first-order valence-corrected chi connectivity index (χ1v) is 7.83. The van der Waals surface area contributed by atoms with Crippen molar-refractivity contribution < 1.29 is 4.79 Å². The highest BCUT2D eigenvalue weighted by molar-refractivity contribution is 6.33. The number of piperidine rings is 1. The Hall–Kier alpha value is -1.85. The fraction of sp³-hybridized carbons (Fsp3) is 0.375. The van der Waals surface area contributed by atoms with E-state index in [2.05, 4.69) is 15.5 Å². The molecule has 2 aromatic rings. The minimum atomic E-state index is 0.00335. The number of aromatic nitrogens is 2. The number of amides is 1. The Balaban J connectivity index is 1.89. The van der Waals surface area contributed by atoms with E-state index in [4.69, 9.17) is 11.6 Å². The number of nitrogens with one attached hydrogen (secondary N) is 2. The smallest absolute Gasteiger partial charge is 0.257 e. The van der Waals surface area contributed by atoms with Crippen molar-refractivity contribution in [3.05, 3.63) is 41.0 Å². The molecule has 0 aliphatic carbocycles. The summed E-state index contributed by atoms with van der Waals surface area (Å²) >= 11 is 6.24. The molecule has 6 heteroatoms. The van der Waals surface area contributed by atoms with Crippen LogP contribution in [0.2, 0.25) is 5.02 Å². The summed E-state index contributed by atoms with van der Waals surface area (Å²) in [6.07, 6.45) is 3.70. The monoisotopic (exact) mass is 318 g/mol. The normalized spacial score (nSPS) is 18.5. The summed E-state index contributed by atoms with van der Waals surface area (Å²) in [4.78, 5) is 14.7. The third-order valence-corrected chi connectivity index (χ3v) is 4.46. The number of hydrogen-bond acceptors (Lipinski definition) is 3. The van der Waals surface area contributed by atoms with E-state index >= 15 is 0 Å². The minimum Gasteiger partial charge on any atom is -0.337 e. The van der Waals surface area contributed by atoms with Gasteiger partial charge in [-0.2, -0.15) is 5.10 Å². The number of carbonyl (C=O) groups is 1. The lowest BCUT2D eigenvalue weighted by Gasteiger charge is -2.32. The maximum atomic E-state index is 12.8. The van der Waals surface area contributed by atoms with Crippen molar-refractivity contribution in [2.24, 2.45) is 0 Å². The van der Waals surface area contributed by atoms with Crippen LogP contribution >= 0.6 is 11.6 Å². The van der Waals surface area contributed by atoms with Crippen LogP contribution in [0.3, 0.4) is 0 Å². The summed E-state index contributed by atoms with van der Waals surface area (Å²) in [6, 6.07) is 7.82. The number of hydrogen-bond donors (Lipinski definition) is 2. The average Bonchev–Trinajstić information content (AvgIpc) is 3.04. The largest absolute Gasteiger partial charge is 0.337 e. The van der Waals surface area contributed by atoms with Crippen LogP contribution < -0.4 is 5.32 Å². The Morgan fingerprint density at radius 2 is 2.27 bits per heavy atom. The van der Waals surface area contributed by atoms with Crippen molar-refractivity contribution in [2.75, 3.05) is 20.1 Å². The molecule has 2 N–H and O–H groups in total. The quantitative estimate of drug-likeness (QED) is 0.914. The SMILES string of the molecule is CNC1CCCN(C(=O)c2cn[nH]c2-c2ccccc2Cl)C1. The van der Waals surface area contributed by atoms with Crippen LogP contribution in [0.25, 0.3) is 11.3 Å². The fourth-order valence-electron chi connectivity index (χ4n) is 2.89. The van der Waals surface area contributed by atoms with Gasteiger partial charge in [0.1, 0.15) is 0 Å². The number of likely N-dealkylation sites (N-methyl/N-ethyl adjacent to an activating group) is 1. The zero-order valence-corrected chi connectivity index (χ0v) is 13.2. The van der Waals surface area contributed by atoms with Gasteiger partial charge < -0.3 is 10.2 Å². The summed E-state index contributed by atoms with van der Waals surface area (Å²) < 4.78 is 0. The fourth-order valence-corrected chi connectivity index (χ4v) is 3.12. The first kappa shape index (κ1) is 15.1. The van der Waals surface area contributed by atoms with Crippen LogP contribution in [-0.4, -0.2) is 47.2 Å². The molecule has 0 radical (unpaired) electrons. The zero-order valence-electron chi connectivity index (χ0n) is 12.5. The molecule has 1 unspecified atom stereocenters. The second-order valence-electron chi connectivity index (χ2n) is 5.52. The molecule has 1 fully saturated rings. The van der Waals surface area contributed by atoms with Gasteiger partial charge in [-0.05, 0) is 26.0 Å². The lowest BCUT2D eigenvalue weighted by Crippen LogP contribution is -2.47. The van der Waals surface area contributed by atoms with Gasteiger partial charge in [0.25, 0.3) is 5.91 Å². The lowest BCUT2D eigenvalue weighted by molar-refractivity contribution is 0.0699. The predicted octanol–water partition coefficient (Wildman–Crippen LogP) is 2.55. The molecule has 1 aromatic carbocycles. The van der Waals surface area contributed by atoms with Crippen LogP contribution in [-0.2, 0) is 0 Å². The molecule has 116 valence electrons. The summed E-state index contributed by atoms with van der Waals surface area (Å²) in [7, 11) is 1.94. The van der Waals surface area contributed by atoms with E-state index in [9.17, 15) is 4.79 Å². The van der Waals surface area contributed by atoms with Crippen LogP contribution in [0.15, 0.2) is 30.5 Å². The molecule has 0 saturated carbocycles. The van der Waals surface area contributed by atoms with E-state index in [1.807, 2.05) is 36.2 Å². The number of halogens is 1. The van der Waals surface area contributed by atoms with Crippen LogP contribution in [0.4, 0.5) is 0 Å². The molecule has 5 nitrogen and oxygen atoms in total. The molecule has 1 atom stereocenters. The first-order valence-electron chi connectivity index (χ1n) is 7.45. The molecule has 1 aliphatic rings. The molecule has 22 heavy (non-hydrogen) atoms. The van der Waals surface area contributed by atoms with Crippen molar-refractivity contribution >= 4 is 17.5 Å². The molecule has 1 amide bonds. The highest BCUT2D eigenvalue weighted by atomic mass is 35.5. The number of benzene rings is 1. The number of H-pyrrole nitrogens is 1. The van der Waals surface area contributed by atoms with Crippen LogP contribution in [0.1, 0.15) is 23.2 Å². The molecule has 0 bridgehead atoms. The highest BCUT2D eigenvalue weighted by Gasteiger charge is 2.26. The van der Waals surface area contributed by atoms with Crippen LogP contribution in [0.5, 0.6) is 0 Å². The molecular weight excluding hydrogens is 300 g/mol. The number of rotatable bonds is 3. The molecule has 1 aliphatic heterocycles. The average molecular weight is 319 g/mol. The molecule has 0 spiro atoms. The van der Waals surface area contributed by atoms with Gasteiger partial charge in [-0.15, -0.1) is 0 Å². The Labute approximate surface area is 134 Å². The third kappa shape index (κ3) is 2.87. The first-order chi connectivity index (χ1) is 10.7. The highest BCUT2D eigenvalue weighted by Crippen LogP contribution is 2.29. The Morgan fingerprint density at radius 3 is 3.05 bits per heavy atom. The van der Waals surface area contributed by atoms with Crippen LogP contribution in [0, 0.1) is 0 Å². The number of nitrogens with zero attached hydrogens (tertiary/aromatic N) is 2. The summed E-state index contributed by atoms with van der Waals surface area (Å²) in [5, 5.41) is 10.8. The lowest BCUT2D eigenvalue weighted by atomic mass is 10.0. The van der Waals surface area contributed by atoms with E-state index in [1.54, 1.807) is 6.20 Å². The maximum Gasteiger partial charge on any atom is 0.257 e. The zero-order chi connectivity index (χ0) is 15.5. The van der Waals surface area contributed by atoms with Gasteiger partial charge in [-0.25, -0.2) is 0 Å². The Kier molecular flexibility index (Phi) is 4.45. The maximum absolute atomic E-state index is 12.8.